The molecule has 2 amide bonds. The van der Waals surface area contributed by atoms with Crippen LogP contribution in [0.4, 0.5) is 5.69 Å². The third-order valence-corrected chi connectivity index (χ3v) is 4.40. The van der Waals surface area contributed by atoms with Crippen LogP contribution in [0, 0.1) is 6.92 Å². The highest BCUT2D eigenvalue weighted by molar-refractivity contribution is 7.21. The average molecular weight is 305 g/mol. The second-order valence-corrected chi connectivity index (χ2v) is 6.19. The summed E-state index contributed by atoms with van der Waals surface area (Å²) < 4.78 is 0.993. The van der Waals surface area contributed by atoms with Crippen molar-refractivity contribution in [3.8, 4) is 0 Å². The molecule has 1 heterocycles. The minimum atomic E-state index is -0.224. The van der Waals surface area contributed by atoms with Crippen molar-refractivity contribution in [2.24, 2.45) is 0 Å². The predicted octanol–water partition coefficient (Wildman–Crippen LogP) is 2.00. The van der Waals surface area contributed by atoms with Gasteiger partial charge in [0.15, 0.2) is 0 Å². The summed E-state index contributed by atoms with van der Waals surface area (Å²) in [5, 5.41) is 3.66. The first-order chi connectivity index (χ1) is 9.90. The molecule has 0 radical (unpaired) electrons. The standard InChI is InChI=1S/C15H19N3O2S/c1-9-4-5-11-10(8-9)13(16)14(21-11)15(20)17-7-6-12(19)18(2)3/h4-5,8H,6-7,16H2,1-3H3,(H,17,20). The van der Waals surface area contributed by atoms with Crippen molar-refractivity contribution in [1.29, 1.82) is 0 Å². The highest BCUT2D eigenvalue weighted by Gasteiger charge is 2.16. The predicted molar refractivity (Wildman–Crippen MR) is 86.6 cm³/mol. The Morgan fingerprint density at radius 3 is 2.71 bits per heavy atom. The first-order valence-electron chi connectivity index (χ1n) is 6.67. The number of nitrogens with two attached hydrogens (primary N) is 1. The van der Waals surface area contributed by atoms with Gasteiger partial charge >= 0.3 is 0 Å². The summed E-state index contributed by atoms with van der Waals surface area (Å²) >= 11 is 1.37. The number of carbonyl (C=O) groups is 2. The fourth-order valence-electron chi connectivity index (χ4n) is 1.99. The summed E-state index contributed by atoms with van der Waals surface area (Å²) in [6.45, 7) is 2.30. The van der Waals surface area contributed by atoms with Crippen LogP contribution in [0.5, 0.6) is 0 Å². The van der Waals surface area contributed by atoms with Gasteiger partial charge in [0.05, 0.1) is 5.69 Å². The minimum absolute atomic E-state index is 0.0183. The van der Waals surface area contributed by atoms with Crippen molar-refractivity contribution >= 4 is 38.9 Å². The van der Waals surface area contributed by atoms with Crippen molar-refractivity contribution in [2.45, 2.75) is 13.3 Å². The normalized spacial score (nSPS) is 10.6. The number of rotatable bonds is 4. The third kappa shape index (κ3) is 3.33. The molecule has 0 bridgehead atoms. The van der Waals surface area contributed by atoms with Gasteiger partial charge in [0, 0.05) is 37.1 Å². The van der Waals surface area contributed by atoms with Gasteiger partial charge in [-0.1, -0.05) is 11.6 Å². The number of nitrogen functional groups attached to an aromatic ring is 1. The summed E-state index contributed by atoms with van der Waals surface area (Å²) in [6.07, 6.45) is 0.280. The number of carbonyl (C=O) groups excluding carboxylic acids is 2. The fraction of sp³-hybridized carbons (Fsp3) is 0.333. The Bertz CT molecular complexity index is 692. The lowest BCUT2D eigenvalue weighted by Gasteiger charge is -2.10. The van der Waals surface area contributed by atoms with E-state index in [1.165, 1.54) is 16.2 Å². The van der Waals surface area contributed by atoms with Crippen molar-refractivity contribution < 1.29 is 9.59 Å². The molecule has 0 saturated heterocycles. The topological polar surface area (TPSA) is 75.4 Å². The zero-order chi connectivity index (χ0) is 15.6. The second kappa shape index (κ2) is 6.13. The molecule has 0 spiro atoms. The molecule has 6 heteroatoms. The monoisotopic (exact) mass is 305 g/mol. The molecule has 0 saturated carbocycles. The van der Waals surface area contributed by atoms with Crippen LogP contribution in [0.15, 0.2) is 18.2 Å². The molecule has 0 aliphatic heterocycles. The van der Waals surface area contributed by atoms with Crippen molar-refractivity contribution in [3.05, 3.63) is 28.6 Å². The molecule has 0 aliphatic carbocycles. The number of hydrogen-bond donors (Lipinski definition) is 2. The molecular weight excluding hydrogens is 286 g/mol. The summed E-state index contributed by atoms with van der Waals surface area (Å²) in [6, 6.07) is 5.95. The van der Waals surface area contributed by atoms with E-state index in [1.807, 2.05) is 25.1 Å². The number of amides is 2. The van der Waals surface area contributed by atoms with Gasteiger partial charge in [0.25, 0.3) is 5.91 Å². The third-order valence-electron chi connectivity index (χ3n) is 3.21. The van der Waals surface area contributed by atoms with Gasteiger partial charge < -0.3 is 16.0 Å². The maximum atomic E-state index is 12.2. The lowest BCUT2D eigenvalue weighted by molar-refractivity contribution is -0.128. The van der Waals surface area contributed by atoms with E-state index in [2.05, 4.69) is 5.32 Å². The molecule has 0 atom stereocenters. The van der Waals surface area contributed by atoms with Crippen molar-refractivity contribution in [2.75, 3.05) is 26.4 Å². The molecule has 0 unspecified atom stereocenters. The molecule has 0 fully saturated rings. The quantitative estimate of drug-likeness (QED) is 0.907. The lowest BCUT2D eigenvalue weighted by Crippen LogP contribution is -2.30. The van der Waals surface area contributed by atoms with E-state index in [0.717, 1.165) is 15.6 Å². The van der Waals surface area contributed by atoms with Gasteiger partial charge in [-0.3, -0.25) is 9.59 Å². The fourth-order valence-corrected chi connectivity index (χ4v) is 3.01. The SMILES string of the molecule is Cc1ccc2sc(C(=O)NCCC(=O)N(C)C)c(N)c2c1. The summed E-state index contributed by atoms with van der Waals surface area (Å²) in [5.74, 6) is -0.242. The number of fused-ring (bicyclic) bond motifs is 1. The summed E-state index contributed by atoms with van der Waals surface area (Å²) in [5.41, 5.74) is 7.68. The van der Waals surface area contributed by atoms with E-state index in [9.17, 15) is 9.59 Å². The van der Waals surface area contributed by atoms with E-state index in [4.69, 9.17) is 5.73 Å². The molecule has 3 N–H and O–H groups in total. The maximum absolute atomic E-state index is 12.2. The van der Waals surface area contributed by atoms with Gasteiger partial charge in [-0.15, -0.1) is 11.3 Å². The summed E-state index contributed by atoms with van der Waals surface area (Å²) in [4.78, 5) is 25.6. The number of benzene rings is 1. The number of nitrogens with zero attached hydrogens (tertiary/aromatic N) is 1. The van der Waals surface area contributed by atoms with Crippen LogP contribution in [0.2, 0.25) is 0 Å². The Labute approximate surface area is 127 Å². The smallest absolute Gasteiger partial charge is 0.263 e. The van der Waals surface area contributed by atoms with Crippen molar-refractivity contribution in [1.82, 2.24) is 10.2 Å². The Morgan fingerprint density at radius 1 is 1.33 bits per heavy atom. The minimum Gasteiger partial charge on any atom is -0.397 e. The van der Waals surface area contributed by atoms with Gasteiger partial charge in [0.2, 0.25) is 5.91 Å². The molecule has 1 aromatic heterocycles. The van der Waals surface area contributed by atoms with Crippen LogP contribution in [0.3, 0.4) is 0 Å². The first-order valence-corrected chi connectivity index (χ1v) is 7.48. The Morgan fingerprint density at radius 2 is 2.05 bits per heavy atom. The molecular formula is C15H19N3O2S. The second-order valence-electron chi connectivity index (χ2n) is 5.14. The van der Waals surface area contributed by atoms with Gasteiger partial charge in [0.1, 0.15) is 4.88 Å². The van der Waals surface area contributed by atoms with Crippen LogP contribution < -0.4 is 11.1 Å². The van der Waals surface area contributed by atoms with Gasteiger partial charge in [-0.25, -0.2) is 0 Å². The summed E-state index contributed by atoms with van der Waals surface area (Å²) in [7, 11) is 3.38. The van der Waals surface area contributed by atoms with Gasteiger partial charge in [-0.05, 0) is 19.1 Å². The Balaban J connectivity index is 2.09. The molecule has 1 aromatic carbocycles. The molecule has 0 aliphatic rings. The van der Waals surface area contributed by atoms with E-state index in [0.29, 0.717) is 17.1 Å². The van der Waals surface area contributed by atoms with Crippen LogP contribution >= 0.6 is 11.3 Å². The number of hydrogen-bond acceptors (Lipinski definition) is 4. The maximum Gasteiger partial charge on any atom is 0.263 e. The van der Waals surface area contributed by atoms with Crippen molar-refractivity contribution in [3.63, 3.8) is 0 Å². The highest BCUT2D eigenvalue weighted by Crippen LogP contribution is 2.34. The zero-order valence-electron chi connectivity index (χ0n) is 12.4. The van der Waals surface area contributed by atoms with Gasteiger partial charge in [-0.2, -0.15) is 0 Å². The number of thiophene rings is 1. The van der Waals surface area contributed by atoms with E-state index in [-0.39, 0.29) is 18.2 Å². The molecule has 2 aromatic rings. The Kier molecular flexibility index (Phi) is 4.47. The van der Waals surface area contributed by atoms with Crippen LogP contribution in [-0.4, -0.2) is 37.4 Å². The lowest BCUT2D eigenvalue weighted by atomic mass is 10.1. The average Bonchev–Trinajstić information content (AvgIpc) is 2.75. The van der Waals surface area contributed by atoms with Crippen LogP contribution in [0.25, 0.3) is 10.1 Å². The van der Waals surface area contributed by atoms with Crippen LogP contribution in [0.1, 0.15) is 21.7 Å². The molecule has 2 rings (SSSR count). The number of nitrogens with one attached hydrogen (secondary N) is 1. The number of anilines is 1. The molecule has 21 heavy (non-hydrogen) atoms. The zero-order valence-corrected chi connectivity index (χ0v) is 13.2. The van der Waals surface area contributed by atoms with E-state index in [1.54, 1.807) is 14.1 Å². The molecule has 5 nitrogen and oxygen atoms in total. The largest absolute Gasteiger partial charge is 0.397 e. The molecule has 112 valence electrons. The Hall–Kier alpha value is -2.08. The van der Waals surface area contributed by atoms with E-state index < -0.39 is 0 Å². The first kappa shape index (κ1) is 15.3. The number of aryl methyl sites for hydroxylation is 1. The van der Waals surface area contributed by atoms with Crippen LogP contribution in [-0.2, 0) is 4.79 Å². The highest BCUT2D eigenvalue weighted by atomic mass is 32.1. The van der Waals surface area contributed by atoms with E-state index >= 15 is 0 Å².